The van der Waals surface area contributed by atoms with Gasteiger partial charge in [0.25, 0.3) is 5.91 Å². The van der Waals surface area contributed by atoms with Crippen LogP contribution < -0.4 is 5.32 Å². The Morgan fingerprint density at radius 3 is 2.77 bits per heavy atom. The third-order valence-corrected chi connectivity index (χ3v) is 3.56. The molecule has 2 N–H and O–H groups in total. The number of carboxylic acid groups (broad SMARTS) is 1. The average molecular weight is 302 g/mol. The van der Waals surface area contributed by atoms with E-state index in [0.29, 0.717) is 17.7 Å². The average Bonchev–Trinajstić information content (AvgIpc) is 3.06. The maximum atomic E-state index is 12.3. The van der Waals surface area contributed by atoms with Crippen molar-refractivity contribution in [1.82, 2.24) is 20.1 Å². The summed E-state index contributed by atoms with van der Waals surface area (Å²) in [6, 6.07) is 5.86. The molecule has 0 saturated carbocycles. The van der Waals surface area contributed by atoms with E-state index in [4.69, 9.17) is 0 Å². The van der Waals surface area contributed by atoms with Gasteiger partial charge in [-0.1, -0.05) is 26.3 Å². The van der Waals surface area contributed by atoms with Gasteiger partial charge < -0.3 is 10.4 Å². The molecule has 1 amide bonds. The highest BCUT2D eigenvalue weighted by atomic mass is 16.4. The fourth-order valence-corrected chi connectivity index (χ4v) is 2.04. The van der Waals surface area contributed by atoms with Crippen molar-refractivity contribution in [3.8, 4) is 5.69 Å². The lowest BCUT2D eigenvalue weighted by Crippen LogP contribution is -2.45. The standard InChI is InChI=1S/C15H18N4O3/c1-3-10(2)13(15(21)22)18-14(20)11-5-4-6-12(7-11)19-9-16-8-17-19/h4-10,13H,3H2,1-2H3,(H,18,20)(H,21,22). The molecule has 2 unspecified atom stereocenters. The Hall–Kier alpha value is -2.70. The minimum Gasteiger partial charge on any atom is -0.480 e. The fraction of sp³-hybridized carbons (Fsp3) is 0.333. The van der Waals surface area contributed by atoms with Crippen molar-refractivity contribution >= 4 is 11.9 Å². The van der Waals surface area contributed by atoms with Gasteiger partial charge >= 0.3 is 5.97 Å². The van der Waals surface area contributed by atoms with Crippen LogP contribution in [0.15, 0.2) is 36.9 Å². The van der Waals surface area contributed by atoms with Crippen molar-refractivity contribution in [3.63, 3.8) is 0 Å². The lowest BCUT2D eigenvalue weighted by atomic mass is 9.99. The monoisotopic (exact) mass is 302 g/mol. The summed E-state index contributed by atoms with van der Waals surface area (Å²) in [7, 11) is 0. The van der Waals surface area contributed by atoms with Gasteiger partial charge in [0.05, 0.1) is 5.69 Å². The molecule has 7 nitrogen and oxygen atoms in total. The Morgan fingerprint density at radius 1 is 1.41 bits per heavy atom. The number of rotatable bonds is 6. The summed E-state index contributed by atoms with van der Waals surface area (Å²) in [5.41, 5.74) is 1.06. The van der Waals surface area contributed by atoms with E-state index in [1.807, 2.05) is 6.92 Å². The van der Waals surface area contributed by atoms with Gasteiger partial charge in [0.15, 0.2) is 0 Å². The molecule has 2 atom stereocenters. The summed E-state index contributed by atoms with van der Waals surface area (Å²) in [5, 5.41) is 15.8. The Kier molecular flexibility index (Phi) is 4.88. The minimum atomic E-state index is -1.03. The lowest BCUT2D eigenvalue weighted by Gasteiger charge is -2.20. The summed E-state index contributed by atoms with van der Waals surface area (Å²) in [6.07, 6.45) is 3.59. The summed E-state index contributed by atoms with van der Waals surface area (Å²) in [5.74, 6) is -1.61. The van der Waals surface area contributed by atoms with E-state index >= 15 is 0 Å². The largest absolute Gasteiger partial charge is 0.480 e. The van der Waals surface area contributed by atoms with Gasteiger partial charge in [-0.15, -0.1) is 0 Å². The number of nitrogens with zero attached hydrogens (tertiary/aromatic N) is 3. The molecule has 0 aliphatic heterocycles. The van der Waals surface area contributed by atoms with E-state index in [1.165, 1.54) is 17.3 Å². The van der Waals surface area contributed by atoms with Crippen molar-refractivity contribution in [3.05, 3.63) is 42.5 Å². The molecule has 1 aromatic carbocycles. The Labute approximate surface area is 128 Å². The van der Waals surface area contributed by atoms with E-state index in [0.717, 1.165) is 0 Å². The van der Waals surface area contributed by atoms with Crippen LogP contribution in [0.1, 0.15) is 30.6 Å². The second kappa shape index (κ2) is 6.84. The van der Waals surface area contributed by atoms with Crippen LogP contribution in [0.3, 0.4) is 0 Å². The number of hydrogen-bond donors (Lipinski definition) is 2. The summed E-state index contributed by atoms with van der Waals surface area (Å²) >= 11 is 0. The number of hydrogen-bond acceptors (Lipinski definition) is 4. The van der Waals surface area contributed by atoms with Crippen LogP contribution >= 0.6 is 0 Å². The minimum absolute atomic E-state index is 0.153. The van der Waals surface area contributed by atoms with Crippen molar-refractivity contribution in [2.24, 2.45) is 5.92 Å². The highest BCUT2D eigenvalue weighted by Gasteiger charge is 2.25. The quantitative estimate of drug-likeness (QED) is 0.842. The number of amides is 1. The predicted molar refractivity (Wildman–Crippen MR) is 79.7 cm³/mol. The molecule has 0 aliphatic carbocycles. The first-order valence-corrected chi connectivity index (χ1v) is 7.01. The van der Waals surface area contributed by atoms with Crippen LogP contribution in [0.5, 0.6) is 0 Å². The van der Waals surface area contributed by atoms with Gasteiger partial charge in [-0.3, -0.25) is 4.79 Å². The van der Waals surface area contributed by atoms with Gasteiger partial charge in [0.1, 0.15) is 18.7 Å². The van der Waals surface area contributed by atoms with E-state index in [1.54, 1.807) is 31.2 Å². The molecular formula is C15H18N4O3. The van der Waals surface area contributed by atoms with Crippen LogP contribution in [0.25, 0.3) is 5.69 Å². The summed E-state index contributed by atoms with van der Waals surface area (Å²) in [4.78, 5) is 27.4. The predicted octanol–water partition coefficient (Wildman–Crippen LogP) is 1.50. The molecule has 2 rings (SSSR count). The molecule has 0 aliphatic rings. The smallest absolute Gasteiger partial charge is 0.326 e. The maximum absolute atomic E-state index is 12.3. The van der Waals surface area contributed by atoms with Crippen molar-refractivity contribution in [2.75, 3.05) is 0 Å². The topological polar surface area (TPSA) is 97.1 Å². The molecule has 116 valence electrons. The van der Waals surface area contributed by atoms with Crippen LogP contribution in [-0.4, -0.2) is 37.8 Å². The highest BCUT2D eigenvalue weighted by Crippen LogP contribution is 2.12. The third kappa shape index (κ3) is 3.49. The van der Waals surface area contributed by atoms with Crippen molar-refractivity contribution in [1.29, 1.82) is 0 Å². The number of nitrogens with one attached hydrogen (secondary N) is 1. The first kappa shape index (κ1) is 15.7. The molecule has 1 heterocycles. The van der Waals surface area contributed by atoms with E-state index < -0.39 is 17.9 Å². The number of carbonyl (C=O) groups is 2. The normalized spacial score (nSPS) is 13.4. The zero-order chi connectivity index (χ0) is 16.1. The molecule has 7 heteroatoms. The summed E-state index contributed by atoms with van der Waals surface area (Å²) < 4.78 is 1.53. The number of carboxylic acids is 1. The SMILES string of the molecule is CCC(C)C(NC(=O)c1cccc(-n2cncn2)c1)C(=O)O. The Morgan fingerprint density at radius 2 is 2.18 bits per heavy atom. The van der Waals surface area contributed by atoms with E-state index in [-0.39, 0.29) is 5.92 Å². The van der Waals surface area contributed by atoms with Gasteiger partial charge in [-0.05, 0) is 24.1 Å². The molecule has 1 aromatic heterocycles. The molecular weight excluding hydrogens is 284 g/mol. The van der Waals surface area contributed by atoms with Gasteiger partial charge in [-0.25, -0.2) is 14.5 Å². The fourth-order valence-electron chi connectivity index (χ4n) is 2.04. The Bertz CT molecular complexity index is 655. The first-order chi connectivity index (χ1) is 10.5. The lowest BCUT2D eigenvalue weighted by molar-refractivity contribution is -0.140. The molecule has 2 aromatic rings. The first-order valence-electron chi connectivity index (χ1n) is 7.01. The van der Waals surface area contributed by atoms with Crippen LogP contribution in [0.4, 0.5) is 0 Å². The van der Waals surface area contributed by atoms with Crippen LogP contribution in [0.2, 0.25) is 0 Å². The molecule has 22 heavy (non-hydrogen) atoms. The van der Waals surface area contributed by atoms with E-state index in [2.05, 4.69) is 15.4 Å². The second-order valence-electron chi connectivity index (χ2n) is 5.07. The molecule has 0 saturated heterocycles. The van der Waals surface area contributed by atoms with Crippen LogP contribution in [-0.2, 0) is 4.79 Å². The number of aliphatic carboxylic acids is 1. The maximum Gasteiger partial charge on any atom is 0.326 e. The molecule has 0 spiro atoms. The highest BCUT2D eigenvalue weighted by molar-refractivity contribution is 5.97. The molecule has 0 radical (unpaired) electrons. The molecule has 0 bridgehead atoms. The zero-order valence-electron chi connectivity index (χ0n) is 12.4. The van der Waals surface area contributed by atoms with Gasteiger partial charge in [-0.2, -0.15) is 5.10 Å². The molecule has 0 fully saturated rings. The second-order valence-corrected chi connectivity index (χ2v) is 5.07. The van der Waals surface area contributed by atoms with Crippen molar-refractivity contribution < 1.29 is 14.7 Å². The zero-order valence-corrected chi connectivity index (χ0v) is 12.4. The number of aromatic nitrogens is 3. The number of carbonyl (C=O) groups excluding carboxylic acids is 1. The van der Waals surface area contributed by atoms with Crippen LogP contribution in [0, 0.1) is 5.92 Å². The van der Waals surface area contributed by atoms with Gasteiger partial charge in [0, 0.05) is 5.56 Å². The van der Waals surface area contributed by atoms with Gasteiger partial charge in [0.2, 0.25) is 0 Å². The number of benzene rings is 1. The summed E-state index contributed by atoms with van der Waals surface area (Å²) in [6.45, 7) is 3.68. The van der Waals surface area contributed by atoms with E-state index in [9.17, 15) is 14.7 Å². The third-order valence-electron chi connectivity index (χ3n) is 3.56. The van der Waals surface area contributed by atoms with Crippen molar-refractivity contribution in [2.45, 2.75) is 26.3 Å². The Balaban J connectivity index is 2.19.